The number of anilines is 1. The molecule has 3 fully saturated rings. The average Bonchev–Trinajstić information content (AvgIpc) is 3.47. The number of hydrogen-bond acceptors (Lipinski definition) is 5. The molecule has 0 bridgehead atoms. The average molecular weight is 313 g/mol. The van der Waals surface area contributed by atoms with Crippen molar-refractivity contribution in [3.05, 3.63) is 12.7 Å². The summed E-state index contributed by atoms with van der Waals surface area (Å²) in [4.78, 5) is 26.9. The van der Waals surface area contributed by atoms with Crippen LogP contribution in [0, 0.1) is 11.3 Å². The number of carboxylic acids is 1. The largest absolute Gasteiger partial charge is 0.481 e. The van der Waals surface area contributed by atoms with Gasteiger partial charge in [0.15, 0.2) is 17.0 Å². The van der Waals surface area contributed by atoms with Crippen molar-refractivity contribution in [1.82, 2.24) is 19.5 Å². The number of fused-ring (bicyclic) bond motifs is 1. The molecule has 2 saturated carbocycles. The van der Waals surface area contributed by atoms with Gasteiger partial charge >= 0.3 is 5.97 Å². The van der Waals surface area contributed by atoms with Crippen LogP contribution in [0.4, 0.5) is 5.82 Å². The Morgan fingerprint density at radius 3 is 2.65 bits per heavy atom. The molecule has 7 nitrogen and oxygen atoms in total. The molecule has 1 N–H and O–H groups in total. The molecular formula is C16H19N5O2. The summed E-state index contributed by atoms with van der Waals surface area (Å²) in [5.74, 6) is 0.131. The highest BCUT2D eigenvalue weighted by Crippen LogP contribution is 2.59. The van der Waals surface area contributed by atoms with Crippen molar-refractivity contribution in [2.75, 3.05) is 18.0 Å². The summed E-state index contributed by atoms with van der Waals surface area (Å²) in [6.45, 7) is 1.71. The van der Waals surface area contributed by atoms with E-state index in [0.29, 0.717) is 6.04 Å². The number of piperidine rings is 1. The van der Waals surface area contributed by atoms with Gasteiger partial charge in [-0.15, -0.1) is 0 Å². The molecule has 1 spiro atoms. The van der Waals surface area contributed by atoms with E-state index in [-0.39, 0.29) is 11.3 Å². The van der Waals surface area contributed by atoms with Gasteiger partial charge in [-0.05, 0) is 37.5 Å². The number of carbonyl (C=O) groups is 1. The molecule has 3 aliphatic rings. The van der Waals surface area contributed by atoms with Crippen molar-refractivity contribution in [3.8, 4) is 0 Å². The fourth-order valence-electron chi connectivity index (χ4n) is 4.10. The summed E-state index contributed by atoms with van der Waals surface area (Å²) in [6, 6.07) is 0.551. The molecule has 3 heterocycles. The Labute approximate surface area is 133 Å². The minimum absolute atomic E-state index is 0.0435. The topological polar surface area (TPSA) is 84.1 Å². The molecule has 1 aliphatic heterocycles. The van der Waals surface area contributed by atoms with E-state index >= 15 is 0 Å². The van der Waals surface area contributed by atoms with E-state index in [4.69, 9.17) is 0 Å². The zero-order valence-electron chi connectivity index (χ0n) is 12.9. The van der Waals surface area contributed by atoms with Crippen molar-refractivity contribution >= 4 is 23.0 Å². The summed E-state index contributed by atoms with van der Waals surface area (Å²) in [5.41, 5.74) is 1.84. The van der Waals surface area contributed by atoms with Crippen LogP contribution in [-0.2, 0) is 4.79 Å². The second-order valence-corrected chi connectivity index (χ2v) is 7.20. The zero-order chi connectivity index (χ0) is 15.6. The van der Waals surface area contributed by atoms with Crippen molar-refractivity contribution < 1.29 is 9.90 Å². The molecule has 0 amide bonds. The monoisotopic (exact) mass is 313 g/mol. The highest BCUT2D eigenvalue weighted by molar-refractivity contribution is 5.83. The molecule has 5 rings (SSSR count). The molecule has 0 radical (unpaired) electrons. The SMILES string of the molecule is O=C(O)C1CC12CCN(c1ncnc3c1ncn3C1CC1)CC2. The Morgan fingerprint density at radius 2 is 2.00 bits per heavy atom. The van der Waals surface area contributed by atoms with Gasteiger partial charge in [-0.3, -0.25) is 4.79 Å². The lowest BCUT2D eigenvalue weighted by molar-refractivity contribution is -0.139. The maximum absolute atomic E-state index is 11.2. The summed E-state index contributed by atoms with van der Waals surface area (Å²) in [7, 11) is 0. The zero-order valence-corrected chi connectivity index (χ0v) is 12.9. The van der Waals surface area contributed by atoms with Crippen molar-refractivity contribution in [1.29, 1.82) is 0 Å². The van der Waals surface area contributed by atoms with E-state index in [9.17, 15) is 9.90 Å². The normalized spacial score (nSPS) is 25.9. The Balaban J connectivity index is 1.41. The van der Waals surface area contributed by atoms with Crippen LogP contribution in [0.2, 0.25) is 0 Å². The molecule has 23 heavy (non-hydrogen) atoms. The number of nitrogens with zero attached hydrogens (tertiary/aromatic N) is 5. The molecule has 120 valence electrons. The van der Waals surface area contributed by atoms with Crippen LogP contribution < -0.4 is 4.90 Å². The number of aliphatic carboxylic acids is 1. The standard InChI is InChI=1S/C16H19N5O2/c22-15(23)11-7-16(11)3-5-20(6-4-16)13-12-14(18-8-17-13)21(9-19-12)10-1-2-10/h8-11H,1-7H2,(H,22,23). The summed E-state index contributed by atoms with van der Waals surface area (Å²) in [6.07, 6.45) is 8.61. The van der Waals surface area contributed by atoms with Gasteiger partial charge in [0.1, 0.15) is 6.33 Å². The molecule has 2 aromatic heterocycles. The van der Waals surface area contributed by atoms with E-state index in [0.717, 1.165) is 49.3 Å². The lowest BCUT2D eigenvalue weighted by Gasteiger charge is -2.33. The van der Waals surface area contributed by atoms with Crippen LogP contribution in [0.15, 0.2) is 12.7 Å². The molecule has 7 heteroatoms. The molecule has 2 aromatic rings. The molecule has 1 unspecified atom stereocenters. The molecule has 2 aliphatic carbocycles. The molecule has 1 saturated heterocycles. The lowest BCUT2D eigenvalue weighted by Crippen LogP contribution is -2.36. The van der Waals surface area contributed by atoms with Gasteiger partial charge in [0.2, 0.25) is 0 Å². The lowest BCUT2D eigenvalue weighted by atomic mass is 9.91. The Hall–Kier alpha value is -2.18. The number of imidazole rings is 1. The summed E-state index contributed by atoms with van der Waals surface area (Å²) >= 11 is 0. The predicted molar refractivity (Wildman–Crippen MR) is 83.2 cm³/mol. The number of aromatic nitrogens is 4. The Bertz CT molecular complexity index is 789. The first-order valence-electron chi connectivity index (χ1n) is 8.33. The van der Waals surface area contributed by atoms with E-state index in [2.05, 4.69) is 24.4 Å². The highest BCUT2D eigenvalue weighted by Gasteiger charge is 2.59. The Kier molecular flexibility index (Phi) is 2.56. The second kappa shape index (κ2) is 4.43. The van der Waals surface area contributed by atoms with Gasteiger partial charge in [-0.2, -0.15) is 0 Å². The van der Waals surface area contributed by atoms with E-state index in [1.807, 2.05) is 6.33 Å². The fraction of sp³-hybridized carbons (Fsp3) is 0.625. The van der Waals surface area contributed by atoms with Crippen LogP contribution in [0.25, 0.3) is 11.2 Å². The maximum Gasteiger partial charge on any atom is 0.307 e. The van der Waals surface area contributed by atoms with Crippen LogP contribution in [0.1, 0.15) is 38.1 Å². The summed E-state index contributed by atoms with van der Waals surface area (Å²) < 4.78 is 2.16. The first kappa shape index (κ1) is 13.3. The minimum Gasteiger partial charge on any atom is -0.481 e. The van der Waals surface area contributed by atoms with Crippen molar-refractivity contribution in [2.24, 2.45) is 11.3 Å². The van der Waals surface area contributed by atoms with Gasteiger partial charge < -0.3 is 14.6 Å². The van der Waals surface area contributed by atoms with Gasteiger partial charge in [-0.1, -0.05) is 0 Å². The first-order valence-corrected chi connectivity index (χ1v) is 8.33. The van der Waals surface area contributed by atoms with Crippen molar-refractivity contribution in [2.45, 2.75) is 38.1 Å². The molecule has 1 atom stereocenters. The quantitative estimate of drug-likeness (QED) is 0.931. The van der Waals surface area contributed by atoms with Crippen LogP contribution >= 0.6 is 0 Å². The Morgan fingerprint density at radius 1 is 1.22 bits per heavy atom. The van der Waals surface area contributed by atoms with Crippen LogP contribution in [-0.4, -0.2) is 43.7 Å². The number of hydrogen-bond donors (Lipinski definition) is 1. The first-order chi connectivity index (χ1) is 11.2. The third-order valence-electron chi connectivity index (χ3n) is 5.83. The van der Waals surface area contributed by atoms with E-state index < -0.39 is 5.97 Å². The second-order valence-electron chi connectivity index (χ2n) is 7.20. The number of rotatable bonds is 3. The van der Waals surface area contributed by atoms with Crippen LogP contribution in [0.3, 0.4) is 0 Å². The fourth-order valence-corrected chi connectivity index (χ4v) is 4.10. The van der Waals surface area contributed by atoms with Gasteiger partial charge in [-0.25, -0.2) is 15.0 Å². The minimum atomic E-state index is -0.633. The third kappa shape index (κ3) is 1.95. The van der Waals surface area contributed by atoms with Crippen LogP contribution in [0.5, 0.6) is 0 Å². The summed E-state index contributed by atoms with van der Waals surface area (Å²) in [5, 5.41) is 9.21. The maximum atomic E-state index is 11.2. The third-order valence-corrected chi connectivity index (χ3v) is 5.83. The van der Waals surface area contributed by atoms with Crippen molar-refractivity contribution in [3.63, 3.8) is 0 Å². The van der Waals surface area contributed by atoms with Gasteiger partial charge in [0, 0.05) is 19.1 Å². The smallest absolute Gasteiger partial charge is 0.307 e. The number of carboxylic acid groups (broad SMARTS) is 1. The van der Waals surface area contributed by atoms with E-state index in [1.54, 1.807) is 6.33 Å². The predicted octanol–water partition coefficient (Wildman–Crippen LogP) is 1.85. The highest BCUT2D eigenvalue weighted by atomic mass is 16.4. The van der Waals surface area contributed by atoms with Gasteiger partial charge in [0.25, 0.3) is 0 Å². The molecule has 0 aromatic carbocycles. The molecular weight excluding hydrogens is 294 g/mol. The van der Waals surface area contributed by atoms with E-state index in [1.165, 1.54) is 12.8 Å². The van der Waals surface area contributed by atoms with Gasteiger partial charge in [0.05, 0.1) is 12.2 Å².